The summed E-state index contributed by atoms with van der Waals surface area (Å²) in [4.78, 5) is 15.0. The van der Waals surface area contributed by atoms with Gasteiger partial charge in [0.15, 0.2) is 5.69 Å². The molecule has 1 aliphatic rings. The minimum atomic E-state index is 0.0425. The van der Waals surface area contributed by atoms with Crippen LogP contribution in [0.1, 0.15) is 28.9 Å². The fourth-order valence-corrected chi connectivity index (χ4v) is 3.46. The zero-order valence-electron chi connectivity index (χ0n) is 12.9. The molecule has 0 unspecified atom stereocenters. The number of amides is 1. The largest absolute Gasteiger partial charge is 0.334 e. The predicted molar refractivity (Wildman–Crippen MR) is 90.3 cm³/mol. The van der Waals surface area contributed by atoms with Gasteiger partial charge in [0.05, 0.1) is 5.52 Å². The fraction of sp³-hybridized carbons (Fsp3) is 0.263. The van der Waals surface area contributed by atoms with Gasteiger partial charge in [0.1, 0.15) is 0 Å². The zero-order valence-corrected chi connectivity index (χ0v) is 12.9. The zero-order chi connectivity index (χ0) is 15.6. The van der Waals surface area contributed by atoms with Gasteiger partial charge in [-0.2, -0.15) is 5.10 Å². The van der Waals surface area contributed by atoms with Gasteiger partial charge in [0.2, 0.25) is 0 Å². The maximum Gasteiger partial charge on any atom is 0.275 e. The Morgan fingerprint density at radius 1 is 1.13 bits per heavy atom. The molecule has 1 atom stereocenters. The topological polar surface area (TPSA) is 49.0 Å². The number of fused-ring (bicyclic) bond motifs is 1. The number of H-pyrrole nitrogens is 1. The van der Waals surface area contributed by atoms with E-state index < -0.39 is 0 Å². The van der Waals surface area contributed by atoms with Gasteiger partial charge in [-0.25, -0.2) is 0 Å². The number of para-hydroxylation sites is 1. The summed E-state index contributed by atoms with van der Waals surface area (Å²) in [5.74, 6) is 0.0425. The number of rotatable bonds is 3. The van der Waals surface area contributed by atoms with E-state index in [-0.39, 0.29) is 11.9 Å². The van der Waals surface area contributed by atoms with E-state index in [1.165, 1.54) is 5.56 Å². The van der Waals surface area contributed by atoms with Crippen LogP contribution in [0.25, 0.3) is 10.9 Å². The lowest BCUT2D eigenvalue weighted by Gasteiger charge is -2.24. The Bertz CT molecular complexity index is 825. The van der Waals surface area contributed by atoms with E-state index >= 15 is 0 Å². The number of nitrogens with zero attached hydrogens (tertiary/aromatic N) is 2. The first kappa shape index (κ1) is 14.0. The van der Waals surface area contributed by atoms with E-state index in [1.807, 2.05) is 35.2 Å². The molecule has 0 aliphatic carbocycles. The normalized spacial score (nSPS) is 17.7. The van der Waals surface area contributed by atoms with Gasteiger partial charge >= 0.3 is 0 Å². The molecule has 1 fully saturated rings. The Hall–Kier alpha value is -2.62. The summed E-state index contributed by atoms with van der Waals surface area (Å²) >= 11 is 0. The van der Waals surface area contributed by atoms with Crippen LogP contribution in [-0.2, 0) is 6.42 Å². The van der Waals surface area contributed by atoms with Crippen molar-refractivity contribution in [3.8, 4) is 0 Å². The van der Waals surface area contributed by atoms with Gasteiger partial charge in [-0.1, -0.05) is 48.5 Å². The first-order valence-corrected chi connectivity index (χ1v) is 8.11. The molecule has 1 amide bonds. The van der Waals surface area contributed by atoms with Crippen molar-refractivity contribution in [1.82, 2.24) is 15.1 Å². The molecule has 0 radical (unpaired) electrons. The van der Waals surface area contributed by atoms with Crippen LogP contribution in [0.15, 0.2) is 54.6 Å². The molecule has 4 nitrogen and oxygen atoms in total. The van der Waals surface area contributed by atoms with Crippen molar-refractivity contribution in [1.29, 1.82) is 0 Å². The highest BCUT2D eigenvalue weighted by molar-refractivity contribution is 6.04. The van der Waals surface area contributed by atoms with Gasteiger partial charge in [0, 0.05) is 18.0 Å². The highest BCUT2D eigenvalue weighted by Gasteiger charge is 2.31. The molecule has 3 aromatic rings. The number of carbonyl (C=O) groups is 1. The van der Waals surface area contributed by atoms with E-state index in [1.54, 1.807) is 0 Å². The number of benzene rings is 2. The van der Waals surface area contributed by atoms with Crippen LogP contribution in [0, 0.1) is 0 Å². The second-order valence-corrected chi connectivity index (χ2v) is 6.10. The van der Waals surface area contributed by atoms with Crippen molar-refractivity contribution in [3.63, 3.8) is 0 Å². The summed E-state index contributed by atoms with van der Waals surface area (Å²) in [7, 11) is 0. The summed E-state index contributed by atoms with van der Waals surface area (Å²) < 4.78 is 0. The van der Waals surface area contributed by atoms with E-state index in [2.05, 4.69) is 34.5 Å². The Labute approximate surface area is 135 Å². The minimum Gasteiger partial charge on any atom is -0.334 e. The van der Waals surface area contributed by atoms with Crippen LogP contribution in [0.2, 0.25) is 0 Å². The molecule has 1 saturated heterocycles. The lowest BCUT2D eigenvalue weighted by atomic mass is 10.0. The van der Waals surface area contributed by atoms with Gasteiger partial charge in [0.25, 0.3) is 5.91 Å². The van der Waals surface area contributed by atoms with Crippen LogP contribution in [0.3, 0.4) is 0 Å². The third-order valence-electron chi connectivity index (χ3n) is 4.63. The molecule has 2 aromatic carbocycles. The molecular weight excluding hydrogens is 286 g/mol. The molecular formula is C19H19N3O. The average Bonchev–Trinajstić information content (AvgIpc) is 3.22. The molecule has 0 saturated carbocycles. The Kier molecular flexibility index (Phi) is 3.58. The molecule has 1 aliphatic heterocycles. The van der Waals surface area contributed by atoms with Gasteiger partial charge in [-0.05, 0) is 30.9 Å². The lowest BCUT2D eigenvalue weighted by Crippen LogP contribution is -2.37. The Morgan fingerprint density at radius 3 is 2.78 bits per heavy atom. The maximum absolute atomic E-state index is 13.0. The molecule has 0 bridgehead atoms. The first-order valence-electron chi connectivity index (χ1n) is 8.11. The van der Waals surface area contributed by atoms with Gasteiger partial charge < -0.3 is 4.90 Å². The molecule has 116 valence electrons. The Morgan fingerprint density at radius 2 is 1.91 bits per heavy atom. The lowest BCUT2D eigenvalue weighted by molar-refractivity contribution is 0.0732. The van der Waals surface area contributed by atoms with E-state index in [0.717, 1.165) is 36.7 Å². The smallest absolute Gasteiger partial charge is 0.275 e. The van der Waals surface area contributed by atoms with Crippen LogP contribution in [0.5, 0.6) is 0 Å². The van der Waals surface area contributed by atoms with Crippen molar-refractivity contribution >= 4 is 16.8 Å². The molecule has 1 aromatic heterocycles. The van der Waals surface area contributed by atoms with Crippen LogP contribution in [0.4, 0.5) is 0 Å². The molecule has 4 rings (SSSR count). The third kappa shape index (κ3) is 2.61. The van der Waals surface area contributed by atoms with E-state index in [4.69, 9.17) is 0 Å². The maximum atomic E-state index is 13.0. The highest BCUT2D eigenvalue weighted by atomic mass is 16.2. The number of carbonyl (C=O) groups excluding carboxylic acids is 1. The van der Waals surface area contributed by atoms with Crippen molar-refractivity contribution < 1.29 is 4.79 Å². The molecule has 4 heteroatoms. The standard InChI is InChI=1S/C19H19N3O/c23-19(18-16-10-4-5-11-17(16)20-21-18)22-12-6-9-15(22)13-14-7-2-1-3-8-14/h1-5,7-8,10-11,15H,6,9,12-13H2,(H,20,21)/t15-/m1/s1. The number of nitrogens with one attached hydrogen (secondary N) is 1. The van der Waals surface area contributed by atoms with Crippen molar-refractivity contribution in [2.24, 2.45) is 0 Å². The summed E-state index contributed by atoms with van der Waals surface area (Å²) in [6.45, 7) is 0.817. The Balaban J connectivity index is 1.60. The fourth-order valence-electron chi connectivity index (χ4n) is 3.46. The number of hydrogen-bond acceptors (Lipinski definition) is 2. The average molecular weight is 305 g/mol. The second-order valence-electron chi connectivity index (χ2n) is 6.10. The highest BCUT2D eigenvalue weighted by Crippen LogP contribution is 2.25. The number of likely N-dealkylation sites (tertiary alicyclic amines) is 1. The number of aromatic amines is 1. The SMILES string of the molecule is O=C(c1n[nH]c2ccccc12)N1CCC[C@@H]1Cc1ccccc1. The number of hydrogen-bond donors (Lipinski definition) is 1. The monoisotopic (exact) mass is 305 g/mol. The van der Waals surface area contributed by atoms with Gasteiger partial charge in [-0.15, -0.1) is 0 Å². The minimum absolute atomic E-state index is 0.0425. The summed E-state index contributed by atoms with van der Waals surface area (Å²) in [5, 5.41) is 8.13. The van der Waals surface area contributed by atoms with Crippen LogP contribution < -0.4 is 0 Å². The molecule has 0 spiro atoms. The van der Waals surface area contributed by atoms with Gasteiger partial charge in [-0.3, -0.25) is 9.89 Å². The third-order valence-corrected chi connectivity index (χ3v) is 4.63. The van der Waals surface area contributed by atoms with Crippen molar-refractivity contribution in [3.05, 3.63) is 65.9 Å². The molecule has 1 N–H and O–H groups in total. The molecule has 2 heterocycles. The summed E-state index contributed by atoms with van der Waals surface area (Å²) in [5.41, 5.74) is 2.74. The van der Waals surface area contributed by atoms with Crippen molar-refractivity contribution in [2.45, 2.75) is 25.3 Å². The van der Waals surface area contributed by atoms with E-state index in [9.17, 15) is 4.79 Å². The first-order chi connectivity index (χ1) is 11.3. The van der Waals surface area contributed by atoms with E-state index in [0.29, 0.717) is 5.69 Å². The van der Waals surface area contributed by atoms with Crippen LogP contribution in [-0.4, -0.2) is 33.6 Å². The summed E-state index contributed by atoms with van der Waals surface area (Å²) in [6, 6.07) is 18.4. The van der Waals surface area contributed by atoms with Crippen molar-refractivity contribution in [2.75, 3.05) is 6.54 Å². The quantitative estimate of drug-likeness (QED) is 0.806. The number of aromatic nitrogens is 2. The predicted octanol–water partition coefficient (Wildman–Crippen LogP) is 3.41. The molecule has 23 heavy (non-hydrogen) atoms. The van der Waals surface area contributed by atoms with Crippen LogP contribution >= 0.6 is 0 Å². The summed E-state index contributed by atoms with van der Waals surface area (Å²) in [6.07, 6.45) is 3.03. The second kappa shape index (κ2) is 5.88.